The zero-order valence-corrected chi connectivity index (χ0v) is 16.4. The first-order valence-corrected chi connectivity index (χ1v) is 9.57. The van der Waals surface area contributed by atoms with Gasteiger partial charge in [-0.3, -0.25) is 10.2 Å². The third-order valence-corrected chi connectivity index (χ3v) is 6.34. The summed E-state index contributed by atoms with van der Waals surface area (Å²) in [5.41, 5.74) is 6.75. The van der Waals surface area contributed by atoms with Gasteiger partial charge in [-0.1, -0.05) is 17.7 Å². The molecule has 0 unspecified atom stereocenters. The molecule has 0 radical (unpaired) electrons. The molecular formula is C18H21ClN2O3S. The Bertz CT molecular complexity index is 924. The predicted molar refractivity (Wildman–Crippen MR) is 99.4 cm³/mol. The zero-order valence-electron chi connectivity index (χ0n) is 14.8. The number of carbonyl (C=O) groups excluding carboxylic acids is 1. The van der Waals surface area contributed by atoms with Crippen molar-refractivity contribution in [3.05, 3.63) is 62.7 Å². The van der Waals surface area contributed by atoms with Gasteiger partial charge in [0.2, 0.25) is 0 Å². The van der Waals surface area contributed by atoms with E-state index in [0.29, 0.717) is 16.1 Å². The smallest absolute Gasteiger partial charge is 0.266 e. The van der Waals surface area contributed by atoms with Crippen LogP contribution in [-0.4, -0.2) is 14.3 Å². The number of benzene rings is 2. The highest BCUT2D eigenvalue weighted by molar-refractivity contribution is 7.89. The van der Waals surface area contributed by atoms with Crippen molar-refractivity contribution in [3.63, 3.8) is 0 Å². The SMILES string of the molecule is Cc1c(C)c(C)c(S(=O)(=O)NNC(=O)c2cccc(Cl)c2)c(C)c1C. The molecule has 0 aliphatic rings. The van der Waals surface area contributed by atoms with E-state index >= 15 is 0 Å². The molecule has 134 valence electrons. The maximum absolute atomic E-state index is 12.7. The highest BCUT2D eigenvalue weighted by Crippen LogP contribution is 2.29. The van der Waals surface area contributed by atoms with E-state index in [2.05, 4.69) is 10.3 Å². The topological polar surface area (TPSA) is 75.3 Å². The molecule has 0 bridgehead atoms. The Morgan fingerprint density at radius 3 is 1.96 bits per heavy atom. The summed E-state index contributed by atoms with van der Waals surface area (Å²) in [6, 6.07) is 6.26. The van der Waals surface area contributed by atoms with E-state index in [1.165, 1.54) is 6.07 Å². The van der Waals surface area contributed by atoms with Crippen molar-refractivity contribution >= 4 is 27.5 Å². The fraction of sp³-hybridized carbons (Fsp3) is 0.278. The van der Waals surface area contributed by atoms with Crippen LogP contribution in [0, 0.1) is 34.6 Å². The van der Waals surface area contributed by atoms with Crippen LogP contribution in [0.5, 0.6) is 0 Å². The van der Waals surface area contributed by atoms with Crippen molar-refractivity contribution in [2.45, 2.75) is 39.5 Å². The molecule has 7 heteroatoms. The van der Waals surface area contributed by atoms with Crippen LogP contribution in [0.1, 0.15) is 38.2 Å². The van der Waals surface area contributed by atoms with E-state index in [1.54, 1.807) is 32.0 Å². The molecule has 0 saturated carbocycles. The summed E-state index contributed by atoms with van der Waals surface area (Å²) in [5.74, 6) is -0.582. The van der Waals surface area contributed by atoms with Gasteiger partial charge >= 0.3 is 0 Å². The maximum atomic E-state index is 12.7. The van der Waals surface area contributed by atoms with E-state index in [-0.39, 0.29) is 10.5 Å². The molecule has 25 heavy (non-hydrogen) atoms. The van der Waals surface area contributed by atoms with Crippen LogP contribution in [0.15, 0.2) is 29.2 Å². The number of rotatable bonds is 4. The Morgan fingerprint density at radius 2 is 1.44 bits per heavy atom. The first-order chi connectivity index (χ1) is 11.6. The normalized spacial score (nSPS) is 11.4. The largest absolute Gasteiger partial charge is 0.273 e. The number of hydrogen-bond donors (Lipinski definition) is 2. The Morgan fingerprint density at radius 1 is 0.920 bits per heavy atom. The molecular weight excluding hydrogens is 360 g/mol. The molecule has 0 aromatic heterocycles. The van der Waals surface area contributed by atoms with Gasteiger partial charge in [0.15, 0.2) is 0 Å². The lowest BCUT2D eigenvalue weighted by Crippen LogP contribution is -2.42. The minimum absolute atomic E-state index is 0.194. The van der Waals surface area contributed by atoms with E-state index in [1.807, 2.05) is 20.8 Å². The lowest BCUT2D eigenvalue weighted by Gasteiger charge is -2.19. The average molecular weight is 381 g/mol. The number of halogens is 1. The molecule has 0 aliphatic heterocycles. The number of nitrogens with one attached hydrogen (secondary N) is 2. The first kappa shape index (κ1) is 19.4. The van der Waals surface area contributed by atoms with Crippen molar-refractivity contribution in [1.82, 2.24) is 10.3 Å². The quantitative estimate of drug-likeness (QED) is 0.797. The molecule has 1 amide bonds. The molecule has 0 spiro atoms. The minimum Gasteiger partial charge on any atom is -0.273 e. The summed E-state index contributed by atoms with van der Waals surface area (Å²) < 4.78 is 25.5. The molecule has 0 atom stereocenters. The summed E-state index contributed by atoms with van der Waals surface area (Å²) in [6.45, 7) is 9.28. The van der Waals surface area contributed by atoms with Crippen LogP contribution >= 0.6 is 11.6 Å². The van der Waals surface area contributed by atoms with Crippen LogP contribution in [0.4, 0.5) is 0 Å². The predicted octanol–water partition coefficient (Wildman–Crippen LogP) is 3.51. The minimum atomic E-state index is -3.91. The van der Waals surface area contributed by atoms with Crippen LogP contribution in [0.3, 0.4) is 0 Å². The number of sulfonamides is 1. The first-order valence-electron chi connectivity index (χ1n) is 7.71. The van der Waals surface area contributed by atoms with E-state index < -0.39 is 15.9 Å². The van der Waals surface area contributed by atoms with Gasteiger partial charge in [-0.15, -0.1) is 4.83 Å². The summed E-state index contributed by atoms with van der Waals surface area (Å²) >= 11 is 5.85. The zero-order chi connectivity index (χ0) is 18.9. The Labute approximate surface area is 153 Å². The summed E-state index contributed by atoms with van der Waals surface area (Å²) in [5, 5.41) is 0.395. The van der Waals surface area contributed by atoms with Gasteiger partial charge in [0.25, 0.3) is 15.9 Å². The molecule has 0 saturated heterocycles. The van der Waals surface area contributed by atoms with Gasteiger partial charge in [0.1, 0.15) is 0 Å². The lowest BCUT2D eigenvalue weighted by molar-refractivity contribution is 0.0945. The van der Waals surface area contributed by atoms with E-state index in [4.69, 9.17) is 11.6 Å². The Hall–Kier alpha value is -1.89. The van der Waals surface area contributed by atoms with Crippen molar-refractivity contribution in [2.75, 3.05) is 0 Å². The molecule has 0 fully saturated rings. The van der Waals surface area contributed by atoms with Crippen LogP contribution < -0.4 is 10.3 Å². The fourth-order valence-corrected chi connectivity index (χ4v) is 4.37. The number of amides is 1. The van der Waals surface area contributed by atoms with Gasteiger partial charge in [0, 0.05) is 10.6 Å². The highest BCUT2D eigenvalue weighted by atomic mass is 35.5. The molecule has 2 aromatic carbocycles. The maximum Gasteiger partial charge on any atom is 0.266 e. The molecule has 0 aliphatic carbocycles. The molecule has 2 aromatic rings. The molecule has 2 rings (SSSR count). The summed E-state index contributed by atoms with van der Waals surface area (Å²) in [7, 11) is -3.91. The van der Waals surface area contributed by atoms with Crippen molar-refractivity contribution in [2.24, 2.45) is 0 Å². The average Bonchev–Trinajstić information content (AvgIpc) is 2.56. The number of carbonyl (C=O) groups is 1. The van der Waals surface area contributed by atoms with Crippen LogP contribution in [0.25, 0.3) is 0 Å². The van der Waals surface area contributed by atoms with Crippen LogP contribution in [0.2, 0.25) is 5.02 Å². The summed E-state index contributed by atoms with van der Waals surface area (Å²) in [4.78, 5) is 14.5. The molecule has 2 N–H and O–H groups in total. The van der Waals surface area contributed by atoms with E-state index in [9.17, 15) is 13.2 Å². The van der Waals surface area contributed by atoms with Gasteiger partial charge in [-0.2, -0.15) is 0 Å². The Balaban J connectivity index is 2.33. The highest BCUT2D eigenvalue weighted by Gasteiger charge is 2.24. The second-order valence-corrected chi connectivity index (χ2v) is 8.08. The third kappa shape index (κ3) is 3.86. The van der Waals surface area contributed by atoms with Gasteiger partial charge < -0.3 is 0 Å². The standard InChI is InChI=1S/C18H21ClN2O3S/c1-10-11(2)13(4)17(14(5)12(10)3)25(23,24)21-20-18(22)15-7-6-8-16(19)9-15/h6-9,21H,1-5H3,(H,20,22). The number of hydrazine groups is 1. The van der Waals surface area contributed by atoms with E-state index in [0.717, 1.165) is 16.7 Å². The van der Waals surface area contributed by atoms with Gasteiger partial charge in [-0.25, -0.2) is 8.42 Å². The second kappa shape index (κ2) is 7.15. The van der Waals surface area contributed by atoms with Gasteiger partial charge in [-0.05, 0) is 80.6 Å². The summed E-state index contributed by atoms with van der Waals surface area (Å²) in [6.07, 6.45) is 0. The molecule has 5 nitrogen and oxygen atoms in total. The second-order valence-electron chi connectivity index (χ2n) is 6.02. The fourth-order valence-electron chi connectivity index (χ4n) is 2.74. The van der Waals surface area contributed by atoms with Gasteiger partial charge in [0.05, 0.1) is 4.90 Å². The van der Waals surface area contributed by atoms with Crippen LogP contribution in [-0.2, 0) is 10.0 Å². The molecule has 0 heterocycles. The van der Waals surface area contributed by atoms with Crippen molar-refractivity contribution in [1.29, 1.82) is 0 Å². The van der Waals surface area contributed by atoms with Crippen molar-refractivity contribution in [3.8, 4) is 0 Å². The van der Waals surface area contributed by atoms with Crippen molar-refractivity contribution < 1.29 is 13.2 Å². The lowest BCUT2D eigenvalue weighted by atomic mass is 9.95. The third-order valence-electron chi connectivity index (χ3n) is 4.59. The monoisotopic (exact) mass is 380 g/mol. The number of hydrogen-bond acceptors (Lipinski definition) is 3. The Kier molecular flexibility index (Phi) is 5.56.